The zero-order valence-electron chi connectivity index (χ0n) is 8.94. The van der Waals surface area contributed by atoms with E-state index >= 15 is 0 Å². The normalized spacial score (nSPS) is 29.7. The highest BCUT2D eigenvalue weighted by Gasteiger charge is 2.40. The Labute approximate surface area is 86.9 Å². The molecule has 78 valence electrons. The van der Waals surface area contributed by atoms with Crippen LogP contribution in [0.5, 0.6) is 0 Å². The summed E-state index contributed by atoms with van der Waals surface area (Å²) in [4.78, 5) is 11.3. The van der Waals surface area contributed by atoms with Crippen molar-refractivity contribution in [3.63, 3.8) is 0 Å². The fourth-order valence-electron chi connectivity index (χ4n) is 1.55. The number of Topliss-reactive ketones (excluding diaryl/α,β-unsaturated/α-hetero) is 1. The lowest BCUT2D eigenvalue weighted by Crippen LogP contribution is -2.57. The second-order valence-corrected chi connectivity index (χ2v) is 4.97. The van der Waals surface area contributed by atoms with E-state index in [1.165, 1.54) is 0 Å². The van der Waals surface area contributed by atoms with E-state index in [1.54, 1.807) is 0 Å². The molecule has 2 nitrogen and oxygen atoms in total. The first-order valence-electron chi connectivity index (χ1n) is 4.62. The van der Waals surface area contributed by atoms with Crippen molar-refractivity contribution >= 4 is 18.2 Å². The minimum Gasteiger partial charge on any atom is -0.310 e. The average Bonchev–Trinajstić information content (AvgIpc) is 1.83. The Hall–Kier alpha value is -0.0800. The highest BCUT2D eigenvalue weighted by atomic mass is 35.5. The van der Waals surface area contributed by atoms with E-state index in [2.05, 4.69) is 33.0 Å². The molecule has 0 aromatic rings. The number of carbonyl (C=O) groups excluding carboxylic acids is 1. The molecule has 1 N–H and O–H groups in total. The van der Waals surface area contributed by atoms with Gasteiger partial charge in [0, 0.05) is 24.9 Å². The molecule has 1 rings (SSSR count). The van der Waals surface area contributed by atoms with Gasteiger partial charge in [-0.25, -0.2) is 0 Å². The topological polar surface area (TPSA) is 29.1 Å². The van der Waals surface area contributed by atoms with Gasteiger partial charge in [-0.3, -0.25) is 4.79 Å². The molecule has 1 heterocycles. The average molecular weight is 206 g/mol. The van der Waals surface area contributed by atoms with Crippen LogP contribution in [0.3, 0.4) is 0 Å². The summed E-state index contributed by atoms with van der Waals surface area (Å²) in [5.74, 6) is 0.395. The molecule has 0 aromatic heterocycles. The number of halogens is 1. The third-order valence-electron chi connectivity index (χ3n) is 3.13. The van der Waals surface area contributed by atoms with Gasteiger partial charge < -0.3 is 5.32 Å². The number of nitrogens with one attached hydrogen (secondary N) is 1. The van der Waals surface area contributed by atoms with Gasteiger partial charge in [0.25, 0.3) is 0 Å². The summed E-state index contributed by atoms with van der Waals surface area (Å²) in [5, 5.41) is 3.44. The van der Waals surface area contributed by atoms with Crippen LogP contribution in [0, 0.1) is 5.41 Å². The number of hydrogen-bond acceptors (Lipinski definition) is 2. The van der Waals surface area contributed by atoms with Gasteiger partial charge >= 0.3 is 0 Å². The summed E-state index contributed by atoms with van der Waals surface area (Å²) in [6.07, 6.45) is 1.38. The molecular formula is C10H20ClNO. The molecule has 3 heteroatoms. The van der Waals surface area contributed by atoms with E-state index in [4.69, 9.17) is 0 Å². The number of carbonyl (C=O) groups is 1. The van der Waals surface area contributed by atoms with Crippen LogP contribution >= 0.6 is 12.4 Å². The number of piperidine rings is 1. The molecule has 0 spiro atoms. The van der Waals surface area contributed by atoms with Gasteiger partial charge in [0.05, 0.1) is 0 Å². The Morgan fingerprint density at radius 2 is 1.92 bits per heavy atom. The van der Waals surface area contributed by atoms with E-state index in [9.17, 15) is 4.79 Å². The van der Waals surface area contributed by atoms with E-state index < -0.39 is 0 Å². The zero-order valence-corrected chi connectivity index (χ0v) is 9.75. The zero-order chi connectivity index (χ0) is 9.41. The smallest absolute Gasteiger partial charge is 0.136 e. The molecule has 0 radical (unpaired) electrons. The van der Waals surface area contributed by atoms with Crippen molar-refractivity contribution < 1.29 is 4.79 Å². The predicted molar refractivity (Wildman–Crippen MR) is 57.4 cm³/mol. The number of rotatable bonds is 0. The van der Waals surface area contributed by atoms with Crippen molar-refractivity contribution in [3.05, 3.63) is 0 Å². The van der Waals surface area contributed by atoms with Crippen LogP contribution in [0.2, 0.25) is 0 Å². The van der Waals surface area contributed by atoms with Gasteiger partial charge in [0.2, 0.25) is 0 Å². The highest BCUT2D eigenvalue weighted by molar-refractivity contribution is 5.85. The largest absolute Gasteiger partial charge is 0.310 e. The first-order chi connectivity index (χ1) is 5.35. The van der Waals surface area contributed by atoms with Crippen molar-refractivity contribution in [2.45, 2.75) is 46.1 Å². The molecular weight excluding hydrogens is 186 g/mol. The molecule has 0 aromatic carbocycles. The van der Waals surface area contributed by atoms with Gasteiger partial charge in [0.1, 0.15) is 5.78 Å². The molecule has 1 atom stereocenters. The first kappa shape index (κ1) is 12.9. The lowest BCUT2D eigenvalue weighted by atomic mass is 9.70. The van der Waals surface area contributed by atoms with Gasteiger partial charge in [-0.1, -0.05) is 20.8 Å². The van der Waals surface area contributed by atoms with Crippen LogP contribution in [0.15, 0.2) is 0 Å². The van der Waals surface area contributed by atoms with Gasteiger partial charge in [-0.2, -0.15) is 0 Å². The molecule has 0 saturated carbocycles. The molecule has 1 aliphatic heterocycles. The number of hydrogen-bond donors (Lipinski definition) is 1. The van der Waals surface area contributed by atoms with Crippen LogP contribution in [0.1, 0.15) is 40.5 Å². The standard InChI is InChI=1S/C10H19NO.ClH/c1-9(2,3)10(4)7-8(12)5-6-11-10;/h11H,5-7H2,1-4H3;1H. The minimum atomic E-state index is -0.0116. The van der Waals surface area contributed by atoms with E-state index in [-0.39, 0.29) is 23.4 Å². The summed E-state index contributed by atoms with van der Waals surface area (Å²) in [6, 6.07) is 0. The Bertz CT molecular complexity index is 198. The van der Waals surface area contributed by atoms with E-state index in [0.29, 0.717) is 18.6 Å². The van der Waals surface area contributed by atoms with Gasteiger partial charge in [-0.15, -0.1) is 12.4 Å². The molecule has 1 unspecified atom stereocenters. The van der Waals surface area contributed by atoms with Crippen LogP contribution in [-0.4, -0.2) is 17.9 Å². The quantitative estimate of drug-likeness (QED) is 0.657. The summed E-state index contributed by atoms with van der Waals surface area (Å²) in [6.45, 7) is 9.52. The molecule has 0 amide bonds. The van der Waals surface area contributed by atoms with Gasteiger partial charge in [0.15, 0.2) is 0 Å². The first-order valence-corrected chi connectivity index (χ1v) is 4.62. The molecule has 1 aliphatic rings. The maximum atomic E-state index is 11.3. The Balaban J connectivity index is 0.00000144. The van der Waals surface area contributed by atoms with Crippen molar-refractivity contribution in [3.8, 4) is 0 Å². The predicted octanol–water partition coefficient (Wildman–Crippen LogP) is 2.17. The highest BCUT2D eigenvalue weighted by Crippen LogP contribution is 2.34. The van der Waals surface area contributed by atoms with Crippen LogP contribution < -0.4 is 5.32 Å². The fraction of sp³-hybridized carbons (Fsp3) is 0.900. The monoisotopic (exact) mass is 205 g/mol. The minimum absolute atomic E-state index is 0. The molecule has 1 fully saturated rings. The Morgan fingerprint density at radius 3 is 2.23 bits per heavy atom. The van der Waals surface area contributed by atoms with Crippen molar-refractivity contribution in [2.24, 2.45) is 5.41 Å². The third kappa shape index (κ3) is 2.68. The van der Waals surface area contributed by atoms with Crippen LogP contribution in [-0.2, 0) is 4.79 Å². The maximum Gasteiger partial charge on any atom is 0.136 e. The second-order valence-electron chi connectivity index (χ2n) is 4.97. The lowest BCUT2D eigenvalue weighted by Gasteiger charge is -2.45. The van der Waals surface area contributed by atoms with Crippen molar-refractivity contribution in [2.75, 3.05) is 6.54 Å². The molecule has 1 saturated heterocycles. The summed E-state index contributed by atoms with van der Waals surface area (Å²) in [5.41, 5.74) is 0.144. The summed E-state index contributed by atoms with van der Waals surface area (Å²) >= 11 is 0. The second kappa shape index (κ2) is 3.97. The number of ketones is 1. The molecule has 0 aliphatic carbocycles. The Morgan fingerprint density at radius 1 is 1.38 bits per heavy atom. The summed E-state index contributed by atoms with van der Waals surface area (Å²) in [7, 11) is 0. The van der Waals surface area contributed by atoms with Crippen LogP contribution in [0.25, 0.3) is 0 Å². The lowest BCUT2D eigenvalue weighted by molar-refractivity contribution is -0.123. The summed E-state index contributed by atoms with van der Waals surface area (Å²) < 4.78 is 0. The van der Waals surface area contributed by atoms with E-state index in [0.717, 1.165) is 6.54 Å². The Kier molecular flexibility index (Phi) is 3.95. The third-order valence-corrected chi connectivity index (χ3v) is 3.13. The molecule has 0 bridgehead atoms. The van der Waals surface area contributed by atoms with Crippen molar-refractivity contribution in [1.82, 2.24) is 5.32 Å². The SMILES string of the molecule is CC(C)(C)C1(C)CC(=O)CCN1.Cl. The van der Waals surface area contributed by atoms with Crippen molar-refractivity contribution in [1.29, 1.82) is 0 Å². The van der Waals surface area contributed by atoms with E-state index in [1.807, 2.05) is 0 Å². The fourth-order valence-corrected chi connectivity index (χ4v) is 1.55. The maximum absolute atomic E-state index is 11.3. The molecule has 13 heavy (non-hydrogen) atoms. The van der Waals surface area contributed by atoms with Gasteiger partial charge in [-0.05, 0) is 12.3 Å². The van der Waals surface area contributed by atoms with Crippen LogP contribution in [0.4, 0.5) is 0 Å².